The predicted molar refractivity (Wildman–Crippen MR) is 70.4 cm³/mol. The molecule has 108 valence electrons. The third-order valence-corrected chi connectivity index (χ3v) is 3.90. The van der Waals surface area contributed by atoms with Crippen molar-refractivity contribution in [3.8, 4) is 0 Å². The standard InChI is InChI=1S/C13H23N3O3/c1-2-12(17)15-4-3-5-16(7-6-15)13(18)10-8-19-9-11(10)14/h10-11H,2-9,14H2,1H3. The van der Waals surface area contributed by atoms with Gasteiger partial charge in [0.15, 0.2) is 0 Å². The second kappa shape index (κ2) is 6.34. The Morgan fingerprint density at radius 1 is 1.16 bits per heavy atom. The predicted octanol–water partition coefficient (Wildman–Crippen LogP) is -0.569. The largest absolute Gasteiger partial charge is 0.379 e. The van der Waals surface area contributed by atoms with Gasteiger partial charge >= 0.3 is 0 Å². The third kappa shape index (κ3) is 3.25. The van der Waals surface area contributed by atoms with Gasteiger partial charge in [-0.15, -0.1) is 0 Å². The quantitative estimate of drug-likeness (QED) is 0.728. The van der Waals surface area contributed by atoms with Gasteiger partial charge in [-0.3, -0.25) is 9.59 Å². The van der Waals surface area contributed by atoms with Gasteiger partial charge < -0.3 is 20.3 Å². The average molecular weight is 269 g/mol. The molecule has 0 aromatic heterocycles. The van der Waals surface area contributed by atoms with Crippen LogP contribution in [0.2, 0.25) is 0 Å². The SMILES string of the molecule is CCC(=O)N1CCCN(C(=O)C2COCC2N)CC1. The number of carbonyl (C=O) groups excluding carboxylic acids is 2. The van der Waals surface area contributed by atoms with Crippen LogP contribution in [0.1, 0.15) is 19.8 Å². The summed E-state index contributed by atoms with van der Waals surface area (Å²) >= 11 is 0. The monoisotopic (exact) mass is 269 g/mol. The Morgan fingerprint density at radius 2 is 1.84 bits per heavy atom. The highest BCUT2D eigenvalue weighted by Gasteiger charge is 2.35. The first-order valence-electron chi connectivity index (χ1n) is 7.03. The Labute approximate surface area is 113 Å². The summed E-state index contributed by atoms with van der Waals surface area (Å²) in [5.41, 5.74) is 5.89. The molecule has 2 unspecified atom stereocenters. The van der Waals surface area contributed by atoms with E-state index in [1.165, 1.54) is 0 Å². The summed E-state index contributed by atoms with van der Waals surface area (Å²) in [4.78, 5) is 27.7. The molecule has 2 heterocycles. The van der Waals surface area contributed by atoms with Crippen molar-refractivity contribution in [2.75, 3.05) is 39.4 Å². The van der Waals surface area contributed by atoms with E-state index in [0.717, 1.165) is 13.0 Å². The molecule has 2 N–H and O–H groups in total. The highest BCUT2D eigenvalue weighted by molar-refractivity contribution is 5.80. The molecule has 6 nitrogen and oxygen atoms in total. The zero-order valence-corrected chi connectivity index (χ0v) is 11.5. The highest BCUT2D eigenvalue weighted by Crippen LogP contribution is 2.16. The van der Waals surface area contributed by atoms with Crippen LogP contribution in [0.3, 0.4) is 0 Å². The van der Waals surface area contributed by atoms with Gasteiger partial charge in [-0.25, -0.2) is 0 Å². The van der Waals surface area contributed by atoms with E-state index in [9.17, 15) is 9.59 Å². The Morgan fingerprint density at radius 3 is 2.47 bits per heavy atom. The van der Waals surface area contributed by atoms with Crippen molar-refractivity contribution in [3.63, 3.8) is 0 Å². The van der Waals surface area contributed by atoms with E-state index in [2.05, 4.69) is 0 Å². The van der Waals surface area contributed by atoms with Gasteiger partial charge in [0.25, 0.3) is 0 Å². The molecule has 0 bridgehead atoms. The lowest BCUT2D eigenvalue weighted by atomic mass is 10.0. The third-order valence-electron chi connectivity index (χ3n) is 3.90. The molecule has 2 aliphatic heterocycles. The molecule has 0 aromatic rings. The summed E-state index contributed by atoms with van der Waals surface area (Å²) in [6, 6.07) is -0.191. The van der Waals surface area contributed by atoms with Crippen molar-refractivity contribution in [2.45, 2.75) is 25.8 Å². The van der Waals surface area contributed by atoms with Crippen molar-refractivity contribution in [1.82, 2.24) is 9.80 Å². The van der Waals surface area contributed by atoms with Gasteiger partial charge in [-0.05, 0) is 6.42 Å². The first kappa shape index (κ1) is 14.3. The van der Waals surface area contributed by atoms with Crippen LogP contribution in [0.4, 0.5) is 0 Å². The minimum atomic E-state index is -0.214. The molecular formula is C13H23N3O3. The highest BCUT2D eigenvalue weighted by atomic mass is 16.5. The molecule has 0 spiro atoms. The maximum absolute atomic E-state index is 12.4. The fourth-order valence-corrected chi connectivity index (χ4v) is 2.67. The number of hydrogen-bond donors (Lipinski definition) is 1. The van der Waals surface area contributed by atoms with Crippen LogP contribution < -0.4 is 5.73 Å². The first-order chi connectivity index (χ1) is 9.13. The zero-order chi connectivity index (χ0) is 13.8. The van der Waals surface area contributed by atoms with E-state index in [1.807, 2.05) is 16.7 Å². The first-order valence-corrected chi connectivity index (χ1v) is 7.03. The van der Waals surface area contributed by atoms with Crippen LogP contribution in [0, 0.1) is 5.92 Å². The molecule has 0 aromatic carbocycles. The number of amides is 2. The van der Waals surface area contributed by atoms with E-state index < -0.39 is 0 Å². The van der Waals surface area contributed by atoms with Crippen LogP contribution in [-0.2, 0) is 14.3 Å². The Bertz CT molecular complexity index is 348. The van der Waals surface area contributed by atoms with E-state index in [-0.39, 0.29) is 23.8 Å². The summed E-state index contributed by atoms with van der Waals surface area (Å²) in [6.07, 6.45) is 1.36. The number of nitrogens with two attached hydrogens (primary N) is 1. The minimum absolute atomic E-state index is 0.0794. The fourth-order valence-electron chi connectivity index (χ4n) is 2.67. The maximum Gasteiger partial charge on any atom is 0.229 e. The zero-order valence-electron chi connectivity index (χ0n) is 11.5. The molecule has 6 heteroatoms. The van der Waals surface area contributed by atoms with E-state index in [0.29, 0.717) is 39.3 Å². The molecule has 2 atom stereocenters. The molecule has 0 aliphatic carbocycles. The van der Waals surface area contributed by atoms with Crippen LogP contribution >= 0.6 is 0 Å². The van der Waals surface area contributed by atoms with Crippen molar-refractivity contribution in [2.24, 2.45) is 11.7 Å². The molecule has 2 rings (SSSR count). The molecule has 2 saturated heterocycles. The molecule has 0 saturated carbocycles. The van der Waals surface area contributed by atoms with Crippen molar-refractivity contribution >= 4 is 11.8 Å². The van der Waals surface area contributed by atoms with E-state index in [4.69, 9.17) is 10.5 Å². The second-order valence-electron chi connectivity index (χ2n) is 5.22. The number of carbonyl (C=O) groups is 2. The molecule has 2 aliphatic rings. The van der Waals surface area contributed by atoms with Gasteiger partial charge in [0.2, 0.25) is 11.8 Å². The normalized spacial score (nSPS) is 28.3. The van der Waals surface area contributed by atoms with Crippen LogP contribution in [0.25, 0.3) is 0 Å². The van der Waals surface area contributed by atoms with E-state index in [1.54, 1.807) is 0 Å². The summed E-state index contributed by atoms with van der Waals surface area (Å²) in [7, 11) is 0. The minimum Gasteiger partial charge on any atom is -0.379 e. The topological polar surface area (TPSA) is 75.9 Å². The number of rotatable bonds is 2. The van der Waals surface area contributed by atoms with Crippen molar-refractivity contribution in [3.05, 3.63) is 0 Å². The average Bonchev–Trinajstić information content (AvgIpc) is 2.70. The maximum atomic E-state index is 12.4. The lowest BCUT2D eigenvalue weighted by Crippen LogP contribution is -2.45. The van der Waals surface area contributed by atoms with Crippen LogP contribution in [-0.4, -0.2) is 67.0 Å². The van der Waals surface area contributed by atoms with Gasteiger partial charge in [0.1, 0.15) is 0 Å². The molecule has 2 amide bonds. The Kier molecular flexibility index (Phi) is 4.76. The molecule has 19 heavy (non-hydrogen) atoms. The molecule has 0 radical (unpaired) electrons. The molecular weight excluding hydrogens is 246 g/mol. The lowest BCUT2D eigenvalue weighted by Gasteiger charge is -2.25. The molecule has 2 fully saturated rings. The number of nitrogens with zero attached hydrogens (tertiary/aromatic N) is 2. The second-order valence-corrected chi connectivity index (χ2v) is 5.22. The van der Waals surface area contributed by atoms with Gasteiger partial charge in [0, 0.05) is 38.6 Å². The fraction of sp³-hybridized carbons (Fsp3) is 0.846. The van der Waals surface area contributed by atoms with Crippen molar-refractivity contribution < 1.29 is 14.3 Å². The Balaban J connectivity index is 1.91. The van der Waals surface area contributed by atoms with Gasteiger partial charge in [0.05, 0.1) is 19.1 Å². The van der Waals surface area contributed by atoms with Gasteiger partial charge in [-0.1, -0.05) is 6.92 Å². The summed E-state index contributed by atoms with van der Waals surface area (Å²) in [5, 5.41) is 0. The number of hydrogen-bond acceptors (Lipinski definition) is 4. The Hall–Kier alpha value is -1.14. The smallest absolute Gasteiger partial charge is 0.229 e. The van der Waals surface area contributed by atoms with Crippen LogP contribution in [0.5, 0.6) is 0 Å². The van der Waals surface area contributed by atoms with E-state index >= 15 is 0 Å². The summed E-state index contributed by atoms with van der Waals surface area (Å²) < 4.78 is 5.25. The van der Waals surface area contributed by atoms with Crippen molar-refractivity contribution in [1.29, 1.82) is 0 Å². The lowest BCUT2D eigenvalue weighted by molar-refractivity contribution is -0.136. The number of ether oxygens (including phenoxy) is 1. The summed E-state index contributed by atoms with van der Waals surface area (Å²) in [5.74, 6) is 0.0272. The summed E-state index contributed by atoms with van der Waals surface area (Å²) in [6.45, 7) is 5.43. The van der Waals surface area contributed by atoms with Crippen LogP contribution in [0.15, 0.2) is 0 Å². The van der Waals surface area contributed by atoms with Gasteiger partial charge in [-0.2, -0.15) is 0 Å².